The number of para-hydroxylation sites is 1. The van der Waals surface area contributed by atoms with E-state index >= 15 is 0 Å². The van der Waals surface area contributed by atoms with Crippen molar-refractivity contribution in [2.75, 3.05) is 20.3 Å². The molecule has 4 nitrogen and oxygen atoms in total. The number of hydrogen-bond donors (Lipinski definition) is 1. The van der Waals surface area contributed by atoms with E-state index in [1.807, 2.05) is 60.7 Å². The average Bonchev–Trinajstić information content (AvgIpc) is 2.96. The second-order valence-corrected chi connectivity index (χ2v) is 7.44. The summed E-state index contributed by atoms with van der Waals surface area (Å²) >= 11 is 0. The second kappa shape index (κ2) is 9.12. The van der Waals surface area contributed by atoms with Crippen LogP contribution in [-0.2, 0) is 19.5 Å². The molecule has 0 bridgehead atoms. The van der Waals surface area contributed by atoms with Crippen LogP contribution in [0.3, 0.4) is 0 Å². The minimum atomic E-state index is -0.534. The van der Waals surface area contributed by atoms with E-state index in [0.29, 0.717) is 13.0 Å². The summed E-state index contributed by atoms with van der Waals surface area (Å²) in [6.45, 7) is 3.06. The molecule has 0 saturated carbocycles. The van der Waals surface area contributed by atoms with E-state index in [9.17, 15) is 5.11 Å². The van der Waals surface area contributed by atoms with Crippen molar-refractivity contribution in [3.8, 4) is 11.5 Å². The fourth-order valence-electron chi connectivity index (χ4n) is 3.84. The lowest BCUT2D eigenvalue weighted by molar-refractivity contribution is 0.178. The lowest BCUT2D eigenvalue weighted by Gasteiger charge is -2.21. The van der Waals surface area contributed by atoms with Crippen LogP contribution in [0.5, 0.6) is 11.5 Å². The van der Waals surface area contributed by atoms with E-state index in [1.54, 1.807) is 7.11 Å². The number of benzene rings is 3. The molecule has 1 heterocycles. The monoisotopic (exact) mass is 389 g/mol. The highest BCUT2D eigenvalue weighted by Crippen LogP contribution is 2.29. The van der Waals surface area contributed by atoms with Crippen LogP contribution >= 0.6 is 0 Å². The number of hydrogen-bond acceptors (Lipinski definition) is 4. The van der Waals surface area contributed by atoms with Crippen LogP contribution in [0.2, 0.25) is 0 Å². The van der Waals surface area contributed by atoms with Crippen molar-refractivity contribution >= 4 is 0 Å². The summed E-state index contributed by atoms with van der Waals surface area (Å²) in [4.78, 5) is 2.36. The molecule has 0 saturated heterocycles. The zero-order valence-electron chi connectivity index (χ0n) is 16.8. The first-order chi connectivity index (χ1) is 14.2. The van der Waals surface area contributed by atoms with E-state index in [0.717, 1.165) is 47.8 Å². The molecule has 4 heteroatoms. The Morgan fingerprint density at radius 1 is 1.03 bits per heavy atom. The molecule has 1 N–H and O–H groups in total. The predicted molar refractivity (Wildman–Crippen MR) is 114 cm³/mol. The topological polar surface area (TPSA) is 41.9 Å². The van der Waals surface area contributed by atoms with E-state index in [-0.39, 0.29) is 0 Å². The fraction of sp³-hybridized carbons (Fsp3) is 0.280. The largest absolute Gasteiger partial charge is 0.496 e. The van der Waals surface area contributed by atoms with Crippen LogP contribution in [0.1, 0.15) is 28.4 Å². The molecular formula is C25H27NO3. The second-order valence-electron chi connectivity index (χ2n) is 7.44. The standard InChI is InChI=1S/C25H27NO3/c1-28-24-10-6-5-9-21(24)17-26-13-14-29-25-12-11-20(16-22(25)18-26)23(27)15-19-7-3-2-4-8-19/h2-12,16,23,27H,13-15,17-18H2,1H3. The first-order valence-corrected chi connectivity index (χ1v) is 10.0. The van der Waals surface area contributed by atoms with E-state index in [1.165, 1.54) is 5.56 Å². The van der Waals surface area contributed by atoms with Crippen molar-refractivity contribution in [2.24, 2.45) is 0 Å². The summed E-state index contributed by atoms with van der Waals surface area (Å²) in [7, 11) is 1.71. The van der Waals surface area contributed by atoms with Gasteiger partial charge in [-0.2, -0.15) is 0 Å². The van der Waals surface area contributed by atoms with Crippen LogP contribution < -0.4 is 9.47 Å². The number of aliphatic hydroxyl groups is 1. The molecule has 0 amide bonds. The number of methoxy groups -OCH3 is 1. The van der Waals surface area contributed by atoms with Crippen molar-refractivity contribution in [1.82, 2.24) is 4.90 Å². The molecule has 29 heavy (non-hydrogen) atoms. The van der Waals surface area contributed by atoms with Gasteiger partial charge >= 0.3 is 0 Å². The van der Waals surface area contributed by atoms with Crippen molar-refractivity contribution < 1.29 is 14.6 Å². The SMILES string of the molecule is COc1ccccc1CN1CCOc2ccc(C(O)Cc3ccccc3)cc2C1. The molecule has 1 aliphatic rings. The van der Waals surface area contributed by atoms with Crippen molar-refractivity contribution in [2.45, 2.75) is 25.6 Å². The lowest BCUT2D eigenvalue weighted by atomic mass is 9.99. The fourth-order valence-corrected chi connectivity index (χ4v) is 3.84. The number of rotatable bonds is 6. The molecule has 0 fully saturated rings. The molecule has 1 unspecified atom stereocenters. The summed E-state index contributed by atoms with van der Waals surface area (Å²) in [6, 6.07) is 24.3. The molecule has 0 spiro atoms. The van der Waals surface area contributed by atoms with Crippen molar-refractivity contribution in [3.63, 3.8) is 0 Å². The Kier molecular flexibility index (Phi) is 6.13. The normalized spacial score (nSPS) is 15.1. The molecule has 150 valence electrons. The molecular weight excluding hydrogens is 362 g/mol. The molecule has 0 aromatic heterocycles. The molecule has 3 aromatic rings. The Morgan fingerprint density at radius 3 is 2.66 bits per heavy atom. The van der Waals surface area contributed by atoms with Crippen LogP contribution in [-0.4, -0.2) is 30.3 Å². The number of ether oxygens (including phenoxy) is 2. The number of aliphatic hydroxyl groups excluding tert-OH is 1. The zero-order chi connectivity index (χ0) is 20.1. The third-order valence-corrected chi connectivity index (χ3v) is 5.39. The number of nitrogens with zero attached hydrogens (tertiary/aromatic N) is 1. The van der Waals surface area contributed by atoms with Crippen molar-refractivity contribution in [1.29, 1.82) is 0 Å². The Morgan fingerprint density at radius 2 is 1.83 bits per heavy atom. The van der Waals surface area contributed by atoms with Gasteiger partial charge in [0.1, 0.15) is 18.1 Å². The smallest absolute Gasteiger partial charge is 0.123 e. The minimum Gasteiger partial charge on any atom is -0.496 e. The Balaban J connectivity index is 1.51. The quantitative estimate of drug-likeness (QED) is 0.680. The van der Waals surface area contributed by atoms with Gasteiger partial charge in [-0.3, -0.25) is 4.90 Å². The van der Waals surface area contributed by atoms with Gasteiger partial charge in [-0.1, -0.05) is 54.6 Å². The Hall–Kier alpha value is -2.82. The first-order valence-electron chi connectivity index (χ1n) is 10.0. The maximum absolute atomic E-state index is 10.7. The maximum atomic E-state index is 10.7. The van der Waals surface area contributed by atoms with Crippen LogP contribution in [0, 0.1) is 0 Å². The van der Waals surface area contributed by atoms with Crippen LogP contribution in [0.15, 0.2) is 72.8 Å². The van der Waals surface area contributed by atoms with E-state index in [4.69, 9.17) is 9.47 Å². The van der Waals surface area contributed by atoms with Crippen molar-refractivity contribution in [3.05, 3.63) is 95.1 Å². The molecule has 1 aliphatic heterocycles. The third-order valence-electron chi connectivity index (χ3n) is 5.39. The van der Waals surface area contributed by atoms with Gasteiger partial charge < -0.3 is 14.6 Å². The number of fused-ring (bicyclic) bond motifs is 1. The van der Waals surface area contributed by atoms with Gasteiger partial charge in [0.25, 0.3) is 0 Å². The van der Waals surface area contributed by atoms with Gasteiger partial charge in [0.15, 0.2) is 0 Å². The Labute approximate surface area is 172 Å². The van der Waals surface area contributed by atoms with Gasteiger partial charge in [0, 0.05) is 37.2 Å². The van der Waals surface area contributed by atoms with Gasteiger partial charge in [0.2, 0.25) is 0 Å². The molecule has 4 rings (SSSR count). The van der Waals surface area contributed by atoms with Crippen LogP contribution in [0.4, 0.5) is 0 Å². The summed E-state index contributed by atoms with van der Waals surface area (Å²) in [5.41, 5.74) is 4.33. The highest BCUT2D eigenvalue weighted by atomic mass is 16.5. The zero-order valence-corrected chi connectivity index (χ0v) is 16.8. The molecule has 1 atom stereocenters. The summed E-state index contributed by atoms with van der Waals surface area (Å²) in [6.07, 6.45) is 0.0689. The van der Waals surface area contributed by atoms with Gasteiger partial charge in [0.05, 0.1) is 13.2 Å². The highest BCUT2D eigenvalue weighted by Gasteiger charge is 2.19. The first kappa shape index (κ1) is 19.5. The maximum Gasteiger partial charge on any atom is 0.123 e. The van der Waals surface area contributed by atoms with Gasteiger partial charge in [-0.05, 0) is 29.3 Å². The third kappa shape index (κ3) is 4.78. The summed E-state index contributed by atoms with van der Waals surface area (Å²) in [5, 5.41) is 10.7. The van der Waals surface area contributed by atoms with Gasteiger partial charge in [-0.15, -0.1) is 0 Å². The van der Waals surface area contributed by atoms with E-state index < -0.39 is 6.10 Å². The predicted octanol–water partition coefficient (Wildman–Crippen LogP) is 4.37. The average molecular weight is 389 g/mol. The summed E-state index contributed by atoms with van der Waals surface area (Å²) in [5.74, 6) is 1.81. The molecule has 0 radical (unpaired) electrons. The van der Waals surface area contributed by atoms with Gasteiger partial charge in [-0.25, -0.2) is 0 Å². The molecule has 3 aromatic carbocycles. The highest BCUT2D eigenvalue weighted by molar-refractivity contribution is 5.39. The van der Waals surface area contributed by atoms with E-state index in [2.05, 4.69) is 17.0 Å². The lowest BCUT2D eigenvalue weighted by Crippen LogP contribution is -2.25. The minimum absolute atomic E-state index is 0.534. The molecule has 0 aliphatic carbocycles. The Bertz CT molecular complexity index is 942. The van der Waals surface area contributed by atoms with Crippen LogP contribution in [0.25, 0.3) is 0 Å². The summed E-state index contributed by atoms with van der Waals surface area (Å²) < 4.78 is 11.5.